The number of rotatable bonds is 5. The van der Waals surface area contributed by atoms with Crippen LogP contribution in [0.3, 0.4) is 0 Å². The van der Waals surface area contributed by atoms with Crippen LogP contribution in [0, 0.1) is 6.92 Å². The smallest absolute Gasteiger partial charge is 0.192 e. The first-order valence-electron chi connectivity index (χ1n) is 9.77. The van der Waals surface area contributed by atoms with E-state index in [2.05, 4.69) is 38.3 Å². The maximum Gasteiger partial charge on any atom is 0.192 e. The molecule has 2 saturated heterocycles. The summed E-state index contributed by atoms with van der Waals surface area (Å²) in [6.45, 7) is 4.04. The number of aromatic nitrogens is 3. The van der Waals surface area contributed by atoms with Crippen molar-refractivity contribution in [1.29, 1.82) is 0 Å². The van der Waals surface area contributed by atoms with E-state index in [1.807, 2.05) is 30.3 Å². The van der Waals surface area contributed by atoms with Crippen molar-refractivity contribution in [3.05, 3.63) is 34.0 Å². The fourth-order valence-corrected chi connectivity index (χ4v) is 5.71. The molecule has 4 heterocycles. The molecule has 7 nitrogen and oxygen atoms in total. The Morgan fingerprint density at radius 2 is 2.34 bits per heavy atom. The molecule has 0 bridgehead atoms. The van der Waals surface area contributed by atoms with Gasteiger partial charge in [0.1, 0.15) is 12.4 Å². The summed E-state index contributed by atoms with van der Waals surface area (Å²) in [6, 6.07) is 4.60. The highest BCUT2D eigenvalue weighted by Gasteiger charge is 2.40. The van der Waals surface area contributed by atoms with E-state index in [9.17, 15) is 0 Å². The van der Waals surface area contributed by atoms with Gasteiger partial charge in [-0.15, -0.1) is 45.5 Å². The molecule has 2 unspecified atom stereocenters. The Labute approximate surface area is 197 Å². The van der Waals surface area contributed by atoms with Crippen LogP contribution in [-0.2, 0) is 24.9 Å². The Morgan fingerprint density at radius 1 is 1.45 bits per heavy atom. The van der Waals surface area contributed by atoms with Crippen LogP contribution < -0.4 is 10.6 Å². The topological polar surface area (TPSA) is 76.4 Å². The summed E-state index contributed by atoms with van der Waals surface area (Å²) in [4.78, 5) is 6.10. The molecule has 29 heavy (non-hydrogen) atoms. The second-order valence-electron chi connectivity index (χ2n) is 7.49. The third-order valence-electron chi connectivity index (χ3n) is 5.47. The Balaban J connectivity index is 0.00000240. The monoisotopic (exact) mass is 548 g/mol. The lowest BCUT2D eigenvalue weighted by Crippen LogP contribution is -2.51. The minimum Gasteiger partial charge on any atom is -0.374 e. The minimum atomic E-state index is 0. The molecule has 0 saturated carbocycles. The predicted octanol–water partition coefficient (Wildman–Crippen LogP) is 3.09. The number of hydrogen-bond acceptors (Lipinski definition) is 6. The van der Waals surface area contributed by atoms with Crippen molar-refractivity contribution < 1.29 is 4.74 Å². The Morgan fingerprint density at radius 3 is 3.03 bits per heavy atom. The van der Waals surface area contributed by atoms with Crippen LogP contribution >= 0.6 is 47.1 Å². The van der Waals surface area contributed by atoms with Gasteiger partial charge in [-0.3, -0.25) is 0 Å². The van der Waals surface area contributed by atoms with E-state index in [1.165, 1.54) is 10.6 Å². The highest BCUT2D eigenvalue weighted by atomic mass is 127. The normalized spacial score (nSPS) is 24.5. The summed E-state index contributed by atoms with van der Waals surface area (Å²) < 4.78 is 8.15. The zero-order valence-electron chi connectivity index (χ0n) is 16.9. The van der Waals surface area contributed by atoms with Crippen molar-refractivity contribution in [2.24, 2.45) is 12.0 Å². The molecule has 0 amide bonds. The number of halogens is 1. The van der Waals surface area contributed by atoms with Gasteiger partial charge >= 0.3 is 0 Å². The predicted molar refractivity (Wildman–Crippen MR) is 130 cm³/mol. The molecular weight excluding hydrogens is 519 g/mol. The molecule has 2 aliphatic heterocycles. The lowest BCUT2D eigenvalue weighted by Gasteiger charge is -2.38. The maximum atomic E-state index is 6.16. The van der Waals surface area contributed by atoms with Gasteiger partial charge in [-0.25, -0.2) is 4.99 Å². The van der Waals surface area contributed by atoms with Gasteiger partial charge < -0.3 is 19.9 Å². The van der Waals surface area contributed by atoms with Crippen LogP contribution in [0.4, 0.5) is 0 Å². The molecule has 2 aromatic rings. The Kier molecular flexibility index (Phi) is 8.23. The summed E-state index contributed by atoms with van der Waals surface area (Å²) >= 11 is 3.76. The SMILES string of the molecule is Cc1nnc(CN=C(NCc2cccs2)NC2CCOC3(CCSC3)C2)n1C.I. The highest BCUT2D eigenvalue weighted by molar-refractivity contribution is 14.0. The van der Waals surface area contributed by atoms with Gasteiger partial charge in [0, 0.05) is 30.3 Å². The average molecular weight is 549 g/mol. The molecule has 10 heteroatoms. The number of aliphatic imine (C=N–C) groups is 1. The number of nitrogens with zero attached hydrogens (tertiary/aromatic N) is 4. The van der Waals surface area contributed by atoms with E-state index in [-0.39, 0.29) is 29.6 Å². The number of nitrogens with one attached hydrogen (secondary N) is 2. The van der Waals surface area contributed by atoms with E-state index in [0.717, 1.165) is 55.8 Å². The number of thioether (sulfide) groups is 1. The molecular formula is C19H29IN6OS2. The van der Waals surface area contributed by atoms with Gasteiger partial charge in [-0.2, -0.15) is 11.8 Å². The summed E-state index contributed by atoms with van der Waals surface area (Å²) in [5, 5.41) is 17.6. The first kappa shape index (κ1) is 22.8. The summed E-state index contributed by atoms with van der Waals surface area (Å²) in [5.41, 5.74) is 0.0557. The van der Waals surface area contributed by atoms with Crippen LogP contribution in [0.1, 0.15) is 35.8 Å². The van der Waals surface area contributed by atoms with Crippen molar-refractivity contribution in [2.75, 3.05) is 18.1 Å². The number of guanidine groups is 1. The van der Waals surface area contributed by atoms with Crippen molar-refractivity contribution >= 4 is 53.0 Å². The van der Waals surface area contributed by atoms with E-state index in [1.54, 1.807) is 11.3 Å². The first-order chi connectivity index (χ1) is 13.6. The Hall–Kier alpha value is -0.850. The van der Waals surface area contributed by atoms with Gasteiger partial charge in [0.25, 0.3) is 0 Å². The zero-order chi connectivity index (χ0) is 19.4. The number of ether oxygens (including phenoxy) is 1. The summed E-state index contributed by atoms with van der Waals surface area (Å²) in [5.74, 6) is 4.91. The van der Waals surface area contributed by atoms with E-state index in [4.69, 9.17) is 9.73 Å². The maximum absolute atomic E-state index is 6.16. The Bertz CT molecular complexity index is 804. The third kappa shape index (κ3) is 5.86. The number of hydrogen-bond donors (Lipinski definition) is 2. The molecule has 0 aliphatic carbocycles. The van der Waals surface area contributed by atoms with Crippen LogP contribution in [0.15, 0.2) is 22.5 Å². The van der Waals surface area contributed by atoms with Crippen LogP contribution in [0.25, 0.3) is 0 Å². The zero-order valence-corrected chi connectivity index (χ0v) is 20.9. The fourth-order valence-electron chi connectivity index (χ4n) is 3.68. The van der Waals surface area contributed by atoms with Crippen molar-refractivity contribution in [2.45, 2.75) is 50.9 Å². The largest absolute Gasteiger partial charge is 0.374 e. The van der Waals surface area contributed by atoms with E-state index in [0.29, 0.717) is 12.6 Å². The van der Waals surface area contributed by atoms with Gasteiger partial charge in [-0.1, -0.05) is 6.07 Å². The van der Waals surface area contributed by atoms with Crippen LogP contribution in [0.5, 0.6) is 0 Å². The van der Waals surface area contributed by atoms with E-state index >= 15 is 0 Å². The molecule has 0 radical (unpaired) electrons. The number of thiophene rings is 1. The first-order valence-corrected chi connectivity index (χ1v) is 11.8. The molecule has 0 aromatic carbocycles. The standard InChI is InChI=1S/C19H28N6OS2.HI/c1-14-23-24-17(25(14)2)12-21-18(20-11-16-4-3-8-28-16)22-15-5-7-26-19(10-15)6-9-27-13-19;/h3-4,8,15H,5-7,9-13H2,1-2H3,(H2,20,21,22);1H. The molecule has 2 atom stereocenters. The van der Waals surface area contributed by atoms with Crippen LogP contribution in [0.2, 0.25) is 0 Å². The van der Waals surface area contributed by atoms with Crippen molar-refractivity contribution in [1.82, 2.24) is 25.4 Å². The second kappa shape index (κ2) is 10.5. The third-order valence-corrected chi connectivity index (χ3v) is 7.57. The number of aryl methyl sites for hydroxylation is 1. The highest BCUT2D eigenvalue weighted by Crippen LogP contribution is 2.38. The molecule has 2 aromatic heterocycles. The van der Waals surface area contributed by atoms with Gasteiger partial charge in [-0.05, 0) is 43.4 Å². The average Bonchev–Trinajstić information content (AvgIpc) is 3.43. The van der Waals surface area contributed by atoms with Gasteiger partial charge in [0.2, 0.25) is 0 Å². The van der Waals surface area contributed by atoms with Crippen LogP contribution in [-0.4, -0.2) is 50.5 Å². The summed E-state index contributed by atoms with van der Waals surface area (Å²) in [7, 11) is 1.98. The fraction of sp³-hybridized carbons (Fsp3) is 0.632. The molecule has 2 N–H and O–H groups in total. The molecule has 2 fully saturated rings. The molecule has 1 spiro atoms. The molecule has 4 rings (SSSR count). The second-order valence-corrected chi connectivity index (χ2v) is 9.63. The molecule has 2 aliphatic rings. The molecule has 160 valence electrons. The lowest BCUT2D eigenvalue weighted by molar-refractivity contribution is -0.0679. The minimum absolute atomic E-state index is 0. The van der Waals surface area contributed by atoms with Crippen molar-refractivity contribution in [3.63, 3.8) is 0 Å². The van der Waals surface area contributed by atoms with E-state index < -0.39 is 0 Å². The summed E-state index contributed by atoms with van der Waals surface area (Å²) in [6.07, 6.45) is 3.21. The van der Waals surface area contributed by atoms with Gasteiger partial charge in [0.05, 0.1) is 12.1 Å². The van der Waals surface area contributed by atoms with Crippen molar-refractivity contribution in [3.8, 4) is 0 Å². The quantitative estimate of drug-likeness (QED) is 0.340. The van der Waals surface area contributed by atoms with Gasteiger partial charge in [0.15, 0.2) is 11.8 Å². The lowest BCUT2D eigenvalue weighted by atomic mass is 9.90.